The van der Waals surface area contributed by atoms with E-state index in [9.17, 15) is 18.8 Å². The normalized spacial score (nSPS) is 19.9. The molecule has 1 aromatic heterocycles. The Balaban J connectivity index is 1.48. The number of carbonyl (C=O) groups is 3. The minimum Gasteiger partial charge on any atom is -0.334 e. The van der Waals surface area contributed by atoms with Crippen molar-refractivity contribution in [3.63, 3.8) is 0 Å². The highest BCUT2D eigenvalue weighted by Gasteiger charge is 2.41. The zero-order chi connectivity index (χ0) is 23.8. The van der Waals surface area contributed by atoms with E-state index in [0.29, 0.717) is 17.7 Å². The van der Waals surface area contributed by atoms with Crippen LogP contribution in [0.25, 0.3) is 11.4 Å². The minimum atomic E-state index is -0.584. The van der Waals surface area contributed by atoms with Crippen molar-refractivity contribution >= 4 is 17.7 Å². The second kappa shape index (κ2) is 8.78. The number of aromatic nitrogens is 2. The highest BCUT2D eigenvalue weighted by molar-refractivity contribution is 6.21. The molecule has 3 heterocycles. The molecule has 34 heavy (non-hydrogen) atoms. The van der Waals surface area contributed by atoms with Crippen LogP contribution < -0.4 is 0 Å². The van der Waals surface area contributed by atoms with Gasteiger partial charge in [0.25, 0.3) is 17.7 Å². The molecule has 0 saturated carbocycles. The molecule has 5 rings (SSSR count). The Morgan fingerprint density at radius 3 is 2.35 bits per heavy atom. The third kappa shape index (κ3) is 3.65. The van der Waals surface area contributed by atoms with Gasteiger partial charge in [0.05, 0.1) is 34.8 Å². The number of halogens is 1. The summed E-state index contributed by atoms with van der Waals surface area (Å²) in [4.78, 5) is 50.8. The van der Waals surface area contributed by atoms with Gasteiger partial charge in [-0.15, -0.1) is 0 Å². The summed E-state index contributed by atoms with van der Waals surface area (Å²) in [7, 11) is 0. The Hall–Kier alpha value is -3.94. The van der Waals surface area contributed by atoms with Gasteiger partial charge in [0.1, 0.15) is 5.82 Å². The maximum Gasteiger partial charge on any atom is 0.261 e. The van der Waals surface area contributed by atoms with E-state index < -0.39 is 11.9 Å². The van der Waals surface area contributed by atoms with Gasteiger partial charge < -0.3 is 4.90 Å². The Kier molecular flexibility index (Phi) is 5.65. The monoisotopic (exact) mass is 458 g/mol. The van der Waals surface area contributed by atoms with Gasteiger partial charge in [0, 0.05) is 18.9 Å². The topological polar surface area (TPSA) is 83.5 Å². The minimum absolute atomic E-state index is 0.0470. The molecule has 8 heteroatoms. The van der Waals surface area contributed by atoms with Crippen LogP contribution in [-0.4, -0.2) is 56.6 Å². The summed E-state index contributed by atoms with van der Waals surface area (Å²) in [6.45, 7) is 2.55. The van der Waals surface area contributed by atoms with Crippen molar-refractivity contribution in [2.75, 3.05) is 13.1 Å². The highest BCUT2D eigenvalue weighted by atomic mass is 19.1. The number of hydrogen-bond donors (Lipinski definition) is 0. The summed E-state index contributed by atoms with van der Waals surface area (Å²) in [5.74, 6) is -1.48. The van der Waals surface area contributed by atoms with Crippen molar-refractivity contribution in [3.8, 4) is 11.4 Å². The van der Waals surface area contributed by atoms with Gasteiger partial charge in [-0.2, -0.15) is 0 Å². The third-order valence-electron chi connectivity index (χ3n) is 6.66. The number of hydrogen-bond acceptors (Lipinski definition) is 5. The van der Waals surface area contributed by atoms with Crippen LogP contribution in [0.2, 0.25) is 0 Å². The van der Waals surface area contributed by atoms with Crippen LogP contribution in [0, 0.1) is 11.7 Å². The van der Waals surface area contributed by atoms with Gasteiger partial charge >= 0.3 is 0 Å². The number of nitrogens with zero attached hydrogens (tertiary/aromatic N) is 4. The molecule has 2 aliphatic rings. The molecular formula is C26H23FN4O3. The van der Waals surface area contributed by atoms with E-state index in [2.05, 4.69) is 9.97 Å². The van der Waals surface area contributed by atoms with Crippen LogP contribution >= 0.6 is 0 Å². The fraction of sp³-hybridized carbons (Fsp3) is 0.269. The third-order valence-corrected chi connectivity index (χ3v) is 6.66. The van der Waals surface area contributed by atoms with Crippen LogP contribution in [0.3, 0.4) is 0 Å². The Morgan fingerprint density at radius 1 is 1.00 bits per heavy atom. The molecular weight excluding hydrogens is 435 g/mol. The quantitative estimate of drug-likeness (QED) is 0.555. The predicted molar refractivity (Wildman–Crippen MR) is 122 cm³/mol. The summed E-state index contributed by atoms with van der Waals surface area (Å²) >= 11 is 0. The SMILES string of the molecule is C[C@@H]1CCCN(C(=O)c2cccc(F)c2-c2ncccn2)[C@@H]1CN1C(=O)c2ccccc2C1=O. The lowest BCUT2D eigenvalue weighted by atomic mass is 9.89. The lowest BCUT2D eigenvalue weighted by molar-refractivity contribution is 0.0369. The van der Waals surface area contributed by atoms with Crippen molar-refractivity contribution in [1.82, 2.24) is 19.8 Å². The van der Waals surface area contributed by atoms with Gasteiger partial charge in [0.2, 0.25) is 0 Å². The van der Waals surface area contributed by atoms with E-state index >= 15 is 0 Å². The van der Waals surface area contributed by atoms with Crippen LogP contribution in [-0.2, 0) is 0 Å². The van der Waals surface area contributed by atoms with Gasteiger partial charge in [-0.05, 0) is 49.1 Å². The first-order valence-electron chi connectivity index (χ1n) is 11.3. The molecule has 1 fully saturated rings. The molecule has 2 atom stereocenters. The number of imide groups is 1. The van der Waals surface area contributed by atoms with Crippen molar-refractivity contribution in [2.24, 2.45) is 5.92 Å². The molecule has 7 nitrogen and oxygen atoms in total. The van der Waals surface area contributed by atoms with Crippen LogP contribution in [0.4, 0.5) is 4.39 Å². The van der Waals surface area contributed by atoms with Crippen molar-refractivity contribution in [1.29, 1.82) is 0 Å². The van der Waals surface area contributed by atoms with E-state index in [4.69, 9.17) is 0 Å². The fourth-order valence-electron chi connectivity index (χ4n) is 4.88. The number of likely N-dealkylation sites (tertiary alicyclic amines) is 1. The number of amides is 3. The Labute approximate surface area is 196 Å². The maximum absolute atomic E-state index is 14.9. The van der Waals surface area contributed by atoms with Crippen molar-refractivity contribution in [3.05, 3.63) is 83.4 Å². The van der Waals surface area contributed by atoms with Crippen LogP contribution in [0.15, 0.2) is 60.9 Å². The number of piperidine rings is 1. The number of benzene rings is 2. The summed E-state index contributed by atoms with van der Waals surface area (Å²) in [5.41, 5.74) is 0.962. The summed E-state index contributed by atoms with van der Waals surface area (Å²) in [5, 5.41) is 0. The number of rotatable bonds is 4. The molecule has 0 N–H and O–H groups in total. The predicted octanol–water partition coefficient (Wildman–Crippen LogP) is 3.82. The van der Waals surface area contributed by atoms with Crippen LogP contribution in [0.1, 0.15) is 50.8 Å². The van der Waals surface area contributed by atoms with E-state index in [1.165, 1.54) is 29.4 Å². The Bertz CT molecular complexity index is 1250. The van der Waals surface area contributed by atoms with E-state index in [1.807, 2.05) is 6.92 Å². The van der Waals surface area contributed by atoms with Gasteiger partial charge in [-0.3, -0.25) is 19.3 Å². The number of fused-ring (bicyclic) bond motifs is 1. The zero-order valence-electron chi connectivity index (χ0n) is 18.6. The average Bonchev–Trinajstić information content (AvgIpc) is 3.10. The highest BCUT2D eigenvalue weighted by Crippen LogP contribution is 2.32. The average molecular weight is 458 g/mol. The first kappa shape index (κ1) is 21.9. The molecule has 0 aliphatic carbocycles. The van der Waals surface area contributed by atoms with E-state index in [-0.39, 0.29) is 47.1 Å². The number of carbonyl (C=O) groups excluding carboxylic acids is 3. The largest absolute Gasteiger partial charge is 0.334 e. The summed E-state index contributed by atoms with van der Waals surface area (Å²) < 4.78 is 14.9. The molecule has 2 aromatic carbocycles. The first-order valence-corrected chi connectivity index (χ1v) is 11.3. The van der Waals surface area contributed by atoms with Crippen LogP contribution in [0.5, 0.6) is 0 Å². The molecule has 3 aromatic rings. The second-order valence-electron chi connectivity index (χ2n) is 8.69. The second-order valence-corrected chi connectivity index (χ2v) is 8.69. The zero-order valence-corrected chi connectivity index (χ0v) is 18.6. The Morgan fingerprint density at radius 2 is 1.68 bits per heavy atom. The lowest BCUT2D eigenvalue weighted by Gasteiger charge is -2.41. The summed E-state index contributed by atoms with van der Waals surface area (Å²) in [6, 6.07) is 12.3. The molecule has 0 unspecified atom stereocenters. The summed E-state index contributed by atoms with van der Waals surface area (Å²) in [6.07, 6.45) is 4.63. The smallest absolute Gasteiger partial charge is 0.261 e. The molecule has 2 aliphatic heterocycles. The molecule has 3 amide bonds. The van der Waals surface area contributed by atoms with Gasteiger partial charge in [0.15, 0.2) is 5.82 Å². The molecule has 0 radical (unpaired) electrons. The molecule has 172 valence electrons. The fourth-order valence-corrected chi connectivity index (χ4v) is 4.88. The lowest BCUT2D eigenvalue weighted by Crippen LogP contribution is -2.54. The maximum atomic E-state index is 14.9. The first-order chi connectivity index (χ1) is 16.5. The standard InChI is InChI=1S/C26H23FN4O3/c1-16-7-5-14-30(21(16)15-31-24(32)17-8-2-3-9-18(17)25(31)33)26(34)19-10-4-11-20(27)22(19)23-28-12-6-13-29-23/h2-4,6,8-13,16,21H,5,7,14-15H2,1H3/t16-,21-/m1/s1. The van der Waals surface area contributed by atoms with E-state index in [0.717, 1.165) is 12.8 Å². The van der Waals surface area contributed by atoms with Crippen molar-refractivity contribution < 1.29 is 18.8 Å². The molecule has 0 bridgehead atoms. The molecule has 0 spiro atoms. The van der Waals surface area contributed by atoms with Crippen molar-refractivity contribution in [2.45, 2.75) is 25.8 Å². The van der Waals surface area contributed by atoms with Gasteiger partial charge in [-0.1, -0.05) is 25.1 Å². The molecule has 1 saturated heterocycles. The van der Waals surface area contributed by atoms with E-state index in [1.54, 1.807) is 41.3 Å². The van der Waals surface area contributed by atoms with Gasteiger partial charge in [-0.25, -0.2) is 14.4 Å².